The van der Waals surface area contributed by atoms with E-state index in [9.17, 15) is 4.39 Å². The summed E-state index contributed by atoms with van der Waals surface area (Å²) in [6.07, 6.45) is 1.84. The third-order valence-electron chi connectivity index (χ3n) is 4.06. The van der Waals surface area contributed by atoms with Crippen molar-refractivity contribution in [2.45, 2.75) is 19.8 Å². The van der Waals surface area contributed by atoms with Crippen molar-refractivity contribution in [3.05, 3.63) is 84.3 Å². The molecule has 0 aliphatic carbocycles. The van der Waals surface area contributed by atoms with E-state index in [1.54, 1.807) is 12.1 Å². The molecule has 0 spiro atoms. The standard InChI is InChI=1S/C22H20FN/c1-4-19-20(16-10-12-18(23)13-11-16)14-21(24-22(19)15(2)3)17-8-6-5-7-9-17/h4-15H,1H2,2-3H3. The molecular weight excluding hydrogens is 297 g/mol. The van der Waals surface area contributed by atoms with Crippen LogP contribution in [0, 0.1) is 5.82 Å². The van der Waals surface area contributed by atoms with Crippen LogP contribution in [0.25, 0.3) is 28.5 Å². The Bertz CT molecular complexity index is 849. The molecule has 0 saturated heterocycles. The number of nitrogens with zero attached hydrogens (tertiary/aromatic N) is 1. The van der Waals surface area contributed by atoms with Crippen LogP contribution in [-0.4, -0.2) is 4.98 Å². The van der Waals surface area contributed by atoms with Crippen LogP contribution in [0.1, 0.15) is 31.0 Å². The zero-order chi connectivity index (χ0) is 17.1. The highest BCUT2D eigenvalue weighted by Crippen LogP contribution is 2.33. The number of halogens is 1. The van der Waals surface area contributed by atoms with E-state index in [0.717, 1.165) is 33.6 Å². The second kappa shape index (κ2) is 6.79. The molecule has 0 unspecified atom stereocenters. The van der Waals surface area contributed by atoms with Crippen LogP contribution >= 0.6 is 0 Å². The number of hydrogen-bond donors (Lipinski definition) is 0. The first-order chi connectivity index (χ1) is 11.6. The molecule has 0 radical (unpaired) electrons. The highest BCUT2D eigenvalue weighted by molar-refractivity contribution is 5.80. The van der Waals surface area contributed by atoms with Gasteiger partial charge in [0.25, 0.3) is 0 Å². The van der Waals surface area contributed by atoms with Gasteiger partial charge in [-0.3, -0.25) is 4.98 Å². The number of rotatable bonds is 4. The predicted octanol–water partition coefficient (Wildman–Crippen LogP) is 6.32. The lowest BCUT2D eigenvalue weighted by Crippen LogP contribution is -2.01. The Morgan fingerprint density at radius 3 is 2.21 bits per heavy atom. The third kappa shape index (κ3) is 3.13. The smallest absolute Gasteiger partial charge is 0.123 e. The van der Waals surface area contributed by atoms with Gasteiger partial charge in [-0.1, -0.05) is 69.0 Å². The molecule has 2 heteroatoms. The van der Waals surface area contributed by atoms with E-state index in [0.29, 0.717) is 0 Å². The zero-order valence-corrected chi connectivity index (χ0v) is 14.0. The second-order valence-corrected chi connectivity index (χ2v) is 6.09. The minimum atomic E-state index is -0.236. The molecule has 0 bridgehead atoms. The van der Waals surface area contributed by atoms with Crippen molar-refractivity contribution in [3.8, 4) is 22.4 Å². The number of pyridine rings is 1. The van der Waals surface area contributed by atoms with Gasteiger partial charge in [0.2, 0.25) is 0 Å². The second-order valence-electron chi connectivity index (χ2n) is 6.09. The largest absolute Gasteiger partial charge is 0.252 e. The molecule has 1 nitrogen and oxygen atoms in total. The average Bonchev–Trinajstić information content (AvgIpc) is 2.62. The van der Waals surface area contributed by atoms with Gasteiger partial charge >= 0.3 is 0 Å². The lowest BCUT2D eigenvalue weighted by molar-refractivity contribution is 0.628. The molecule has 0 fully saturated rings. The third-order valence-corrected chi connectivity index (χ3v) is 4.06. The average molecular weight is 317 g/mol. The van der Waals surface area contributed by atoms with Gasteiger partial charge in [-0.25, -0.2) is 4.39 Å². The maximum absolute atomic E-state index is 13.3. The summed E-state index contributed by atoms with van der Waals surface area (Å²) < 4.78 is 13.3. The van der Waals surface area contributed by atoms with Gasteiger partial charge in [0, 0.05) is 11.1 Å². The van der Waals surface area contributed by atoms with Gasteiger partial charge in [-0.15, -0.1) is 0 Å². The minimum Gasteiger partial charge on any atom is -0.252 e. The van der Waals surface area contributed by atoms with E-state index >= 15 is 0 Å². The number of aromatic nitrogens is 1. The van der Waals surface area contributed by atoms with Gasteiger partial charge in [0.15, 0.2) is 0 Å². The monoisotopic (exact) mass is 317 g/mol. The molecule has 0 amide bonds. The summed E-state index contributed by atoms with van der Waals surface area (Å²) in [7, 11) is 0. The first kappa shape index (κ1) is 16.1. The molecule has 0 aliphatic rings. The number of benzene rings is 2. The molecule has 120 valence electrons. The SMILES string of the molecule is C=Cc1c(-c2ccc(F)cc2)cc(-c2ccccc2)nc1C(C)C. The molecule has 2 aromatic carbocycles. The van der Waals surface area contributed by atoms with Gasteiger partial charge in [0.05, 0.1) is 11.4 Å². The Morgan fingerprint density at radius 2 is 1.62 bits per heavy atom. The van der Waals surface area contributed by atoms with E-state index in [-0.39, 0.29) is 11.7 Å². The Morgan fingerprint density at radius 1 is 0.958 bits per heavy atom. The van der Waals surface area contributed by atoms with Gasteiger partial charge in [-0.2, -0.15) is 0 Å². The van der Waals surface area contributed by atoms with E-state index < -0.39 is 0 Å². The molecule has 1 aromatic heterocycles. The molecule has 3 rings (SSSR count). The Labute approximate surface area is 142 Å². The molecule has 1 heterocycles. The normalized spacial score (nSPS) is 10.8. The van der Waals surface area contributed by atoms with Crippen LogP contribution in [0.4, 0.5) is 4.39 Å². The van der Waals surface area contributed by atoms with E-state index in [1.807, 2.05) is 24.3 Å². The van der Waals surface area contributed by atoms with Gasteiger partial charge < -0.3 is 0 Å². The minimum absolute atomic E-state index is 0.236. The number of hydrogen-bond acceptors (Lipinski definition) is 1. The van der Waals surface area contributed by atoms with Crippen LogP contribution < -0.4 is 0 Å². The van der Waals surface area contributed by atoms with Crippen molar-refractivity contribution < 1.29 is 4.39 Å². The van der Waals surface area contributed by atoms with Gasteiger partial charge in [-0.05, 0) is 35.2 Å². The van der Waals surface area contributed by atoms with Crippen LogP contribution in [-0.2, 0) is 0 Å². The van der Waals surface area contributed by atoms with Crippen molar-refractivity contribution >= 4 is 6.08 Å². The first-order valence-corrected chi connectivity index (χ1v) is 8.09. The van der Waals surface area contributed by atoms with E-state index in [1.165, 1.54) is 12.1 Å². The molecule has 0 atom stereocenters. The maximum Gasteiger partial charge on any atom is 0.123 e. The topological polar surface area (TPSA) is 12.9 Å². The van der Waals surface area contributed by atoms with Crippen molar-refractivity contribution in [1.82, 2.24) is 4.98 Å². The maximum atomic E-state index is 13.3. The van der Waals surface area contributed by atoms with E-state index in [4.69, 9.17) is 4.98 Å². The highest BCUT2D eigenvalue weighted by atomic mass is 19.1. The lowest BCUT2D eigenvalue weighted by atomic mass is 9.92. The van der Waals surface area contributed by atoms with Crippen LogP contribution in [0.3, 0.4) is 0 Å². The molecule has 3 aromatic rings. The molecule has 24 heavy (non-hydrogen) atoms. The van der Waals surface area contributed by atoms with E-state index in [2.05, 4.69) is 38.6 Å². The summed E-state index contributed by atoms with van der Waals surface area (Å²) >= 11 is 0. The Hall–Kier alpha value is -2.74. The fourth-order valence-electron chi connectivity index (χ4n) is 2.85. The van der Waals surface area contributed by atoms with Crippen LogP contribution in [0.15, 0.2) is 67.2 Å². The van der Waals surface area contributed by atoms with Crippen molar-refractivity contribution in [2.24, 2.45) is 0 Å². The summed E-state index contributed by atoms with van der Waals surface area (Å²) in [5, 5.41) is 0. The van der Waals surface area contributed by atoms with Crippen LogP contribution in [0.5, 0.6) is 0 Å². The zero-order valence-electron chi connectivity index (χ0n) is 14.0. The predicted molar refractivity (Wildman–Crippen MR) is 99.2 cm³/mol. The van der Waals surface area contributed by atoms with Crippen molar-refractivity contribution in [2.75, 3.05) is 0 Å². The molecule has 0 saturated carbocycles. The fraction of sp³-hybridized carbons (Fsp3) is 0.136. The first-order valence-electron chi connectivity index (χ1n) is 8.09. The Balaban J connectivity index is 2.27. The fourth-order valence-corrected chi connectivity index (χ4v) is 2.85. The van der Waals surface area contributed by atoms with Crippen LogP contribution in [0.2, 0.25) is 0 Å². The molecule has 0 N–H and O–H groups in total. The molecular formula is C22H20FN. The summed E-state index contributed by atoms with van der Waals surface area (Å²) in [6.45, 7) is 8.21. The van der Waals surface area contributed by atoms with Gasteiger partial charge in [0.1, 0.15) is 5.82 Å². The highest BCUT2D eigenvalue weighted by Gasteiger charge is 2.15. The lowest BCUT2D eigenvalue weighted by Gasteiger charge is -2.17. The Kier molecular flexibility index (Phi) is 4.57. The molecule has 0 aliphatic heterocycles. The summed E-state index contributed by atoms with van der Waals surface area (Å²) in [5.41, 5.74) is 6.00. The quantitative estimate of drug-likeness (QED) is 0.548. The van der Waals surface area contributed by atoms with Crippen molar-refractivity contribution in [1.29, 1.82) is 0 Å². The summed E-state index contributed by atoms with van der Waals surface area (Å²) in [4.78, 5) is 4.87. The summed E-state index contributed by atoms with van der Waals surface area (Å²) in [5.74, 6) is 0.0289. The van der Waals surface area contributed by atoms with Crippen molar-refractivity contribution in [3.63, 3.8) is 0 Å². The summed E-state index contributed by atoms with van der Waals surface area (Å²) in [6, 6.07) is 18.7.